The van der Waals surface area contributed by atoms with Gasteiger partial charge in [0.15, 0.2) is 5.96 Å². The van der Waals surface area contributed by atoms with Crippen molar-refractivity contribution >= 4 is 52.2 Å². The molecule has 4 nitrogen and oxygen atoms in total. The Labute approximate surface area is 163 Å². The lowest BCUT2D eigenvalue weighted by molar-refractivity contribution is 0.805. The number of rotatable bonds is 5. The molecular weight excluding hydrogens is 431 g/mol. The van der Waals surface area contributed by atoms with E-state index in [0.29, 0.717) is 0 Å². The number of aryl methyl sites for hydroxylation is 1. The van der Waals surface area contributed by atoms with Crippen LogP contribution in [0, 0.1) is 0 Å². The average Bonchev–Trinajstić information content (AvgIpc) is 3.21. The van der Waals surface area contributed by atoms with E-state index >= 15 is 0 Å². The van der Waals surface area contributed by atoms with E-state index in [1.54, 1.807) is 7.05 Å². The van der Waals surface area contributed by atoms with E-state index in [2.05, 4.69) is 63.9 Å². The van der Waals surface area contributed by atoms with Crippen LogP contribution in [0.15, 0.2) is 47.5 Å². The van der Waals surface area contributed by atoms with Gasteiger partial charge in [0.25, 0.3) is 0 Å². The maximum Gasteiger partial charge on any atom is 0.191 e. The van der Waals surface area contributed by atoms with Gasteiger partial charge in [0, 0.05) is 28.0 Å². The highest BCUT2D eigenvalue weighted by Crippen LogP contribution is 2.16. The number of hydrogen-bond donors (Lipinski definition) is 3. The number of para-hydroxylation sites is 1. The van der Waals surface area contributed by atoms with Crippen molar-refractivity contribution in [2.75, 3.05) is 7.05 Å². The molecule has 3 N–H and O–H groups in total. The minimum Gasteiger partial charge on any atom is -0.357 e. The van der Waals surface area contributed by atoms with Crippen LogP contribution in [0.1, 0.15) is 22.4 Å². The number of nitrogens with zero attached hydrogens (tertiary/aromatic N) is 1. The number of halogens is 1. The number of thiophene rings is 1. The first-order chi connectivity index (χ1) is 11.3. The van der Waals surface area contributed by atoms with Gasteiger partial charge in [-0.25, -0.2) is 0 Å². The zero-order valence-corrected chi connectivity index (χ0v) is 17.1. The largest absolute Gasteiger partial charge is 0.357 e. The molecule has 3 rings (SSSR count). The quantitative estimate of drug-likeness (QED) is 0.306. The zero-order valence-electron chi connectivity index (χ0n) is 13.9. The number of H-pyrrole nitrogens is 1. The zero-order chi connectivity index (χ0) is 16.1. The minimum absolute atomic E-state index is 0. The number of benzene rings is 1. The van der Waals surface area contributed by atoms with Crippen molar-refractivity contribution < 1.29 is 0 Å². The van der Waals surface area contributed by atoms with E-state index in [1.165, 1.54) is 15.1 Å². The second-order valence-electron chi connectivity index (χ2n) is 5.38. The Morgan fingerprint density at radius 2 is 1.83 bits per heavy atom. The van der Waals surface area contributed by atoms with Crippen LogP contribution in [0.25, 0.3) is 10.9 Å². The number of aromatic nitrogens is 1. The molecule has 0 bridgehead atoms. The van der Waals surface area contributed by atoms with Gasteiger partial charge >= 0.3 is 0 Å². The Balaban J connectivity index is 0.00000208. The van der Waals surface area contributed by atoms with Gasteiger partial charge in [-0.3, -0.25) is 4.99 Å². The topological polar surface area (TPSA) is 52.2 Å². The van der Waals surface area contributed by atoms with E-state index in [9.17, 15) is 0 Å². The predicted octanol–water partition coefficient (Wildman–Crippen LogP) is 4.28. The summed E-state index contributed by atoms with van der Waals surface area (Å²) in [6.07, 6.45) is 1.10. The normalized spacial score (nSPS) is 11.3. The van der Waals surface area contributed by atoms with Crippen LogP contribution in [-0.2, 0) is 19.5 Å². The second kappa shape index (κ2) is 9.08. The Bertz CT molecular complexity index is 773. The first kappa shape index (κ1) is 18.8. The molecule has 128 valence electrons. The number of nitrogens with one attached hydrogen (secondary N) is 3. The van der Waals surface area contributed by atoms with Gasteiger partial charge in [0.05, 0.1) is 13.1 Å². The van der Waals surface area contributed by atoms with Crippen molar-refractivity contribution in [3.05, 3.63) is 57.9 Å². The molecule has 6 heteroatoms. The molecule has 0 saturated heterocycles. The van der Waals surface area contributed by atoms with Crippen LogP contribution in [0.3, 0.4) is 0 Å². The van der Waals surface area contributed by atoms with Crippen LogP contribution >= 0.6 is 35.3 Å². The van der Waals surface area contributed by atoms with E-state index in [1.807, 2.05) is 17.4 Å². The van der Waals surface area contributed by atoms with E-state index < -0.39 is 0 Å². The highest BCUT2D eigenvalue weighted by atomic mass is 127. The number of aromatic amines is 1. The second-order valence-corrected chi connectivity index (χ2v) is 6.64. The van der Waals surface area contributed by atoms with Gasteiger partial charge in [-0.15, -0.1) is 35.3 Å². The lowest BCUT2D eigenvalue weighted by atomic mass is 10.2. The number of guanidine groups is 1. The molecule has 0 spiro atoms. The summed E-state index contributed by atoms with van der Waals surface area (Å²) in [7, 11) is 1.80. The fourth-order valence-electron chi connectivity index (χ4n) is 2.51. The van der Waals surface area contributed by atoms with Crippen LogP contribution in [0.2, 0.25) is 0 Å². The Kier molecular flexibility index (Phi) is 7.11. The molecule has 1 aromatic carbocycles. The fraction of sp³-hybridized carbons (Fsp3) is 0.278. The summed E-state index contributed by atoms with van der Waals surface area (Å²) < 4.78 is 0. The lowest BCUT2D eigenvalue weighted by Crippen LogP contribution is -2.36. The van der Waals surface area contributed by atoms with Gasteiger partial charge in [-0.05, 0) is 36.1 Å². The molecule has 2 aromatic heterocycles. The van der Waals surface area contributed by atoms with Crippen LogP contribution in [0.5, 0.6) is 0 Å². The summed E-state index contributed by atoms with van der Waals surface area (Å²) in [6, 6.07) is 14.9. The number of aliphatic imine (C=N–C) groups is 1. The molecule has 0 amide bonds. The molecule has 0 radical (unpaired) electrons. The van der Waals surface area contributed by atoms with Gasteiger partial charge in [-0.2, -0.15) is 0 Å². The maximum absolute atomic E-state index is 4.28. The minimum atomic E-state index is 0. The van der Waals surface area contributed by atoms with Crippen molar-refractivity contribution in [1.82, 2.24) is 15.6 Å². The smallest absolute Gasteiger partial charge is 0.191 e. The van der Waals surface area contributed by atoms with Gasteiger partial charge in [0.2, 0.25) is 0 Å². The van der Waals surface area contributed by atoms with E-state index in [4.69, 9.17) is 0 Å². The summed E-state index contributed by atoms with van der Waals surface area (Å²) in [5.74, 6) is 0.815. The fourth-order valence-corrected chi connectivity index (χ4v) is 3.40. The monoisotopic (exact) mass is 454 g/mol. The first-order valence-corrected chi connectivity index (χ1v) is 8.69. The molecule has 2 heterocycles. The summed E-state index contributed by atoms with van der Waals surface area (Å²) >= 11 is 1.85. The van der Waals surface area contributed by atoms with Crippen LogP contribution in [-0.4, -0.2) is 18.0 Å². The third-order valence-electron chi connectivity index (χ3n) is 3.75. The molecule has 24 heavy (non-hydrogen) atoms. The van der Waals surface area contributed by atoms with Crippen molar-refractivity contribution in [2.45, 2.75) is 26.4 Å². The summed E-state index contributed by atoms with van der Waals surface area (Å²) in [4.78, 5) is 10.4. The van der Waals surface area contributed by atoms with Gasteiger partial charge < -0.3 is 15.6 Å². The molecule has 0 saturated carbocycles. The highest BCUT2D eigenvalue weighted by Gasteiger charge is 2.03. The lowest BCUT2D eigenvalue weighted by Gasteiger charge is -2.10. The predicted molar refractivity (Wildman–Crippen MR) is 114 cm³/mol. The van der Waals surface area contributed by atoms with Gasteiger partial charge in [-0.1, -0.05) is 25.1 Å². The molecule has 0 fully saturated rings. The Hall–Kier alpha value is -1.54. The number of hydrogen-bond acceptors (Lipinski definition) is 2. The Morgan fingerprint density at radius 1 is 1.08 bits per heavy atom. The molecule has 0 unspecified atom stereocenters. The summed E-state index contributed by atoms with van der Waals surface area (Å²) in [6.45, 7) is 3.71. The standard InChI is InChI=1S/C18H22N4S.HI/c1-3-15-8-9-16(23-15)12-21-18(19-2)20-11-14-10-13-6-4-5-7-17(13)22-14;/h4-10,22H,3,11-12H2,1-2H3,(H2,19,20,21);1H. The van der Waals surface area contributed by atoms with Crippen molar-refractivity contribution in [2.24, 2.45) is 4.99 Å². The molecular formula is C18H23IN4S. The van der Waals surface area contributed by atoms with Crippen LogP contribution < -0.4 is 10.6 Å². The van der Waals surface area contributed by atoms with Crippen molar-refractivity contribution in [1.29, 1.82) is 0 Å². The molecule has 0 aliphatic heterocycles. The third kappa shape index (κ3) is 4.73. The molecule has 0 aliphatic carbocycles. The van der Waals surface area contributed by atoms with Crippen LogP contribution in [0.4, 0.5) is 0 Å². The van der Waals surface area contributed by atoms with Gasteiger partial charge in [0.1, 0.15) is 0 Å². The first-order valence-electron chi connectivity index (χ1n) is 7.87. The van der Waals surface area contributed by atoms with Crippen molar-refractivity contribution in [3.8, 4) is 0 Å². The SMILES string of the molecule is CCc1ccc(CNC(=NC)NCc2cc3ccccc3[nH]2)s1.I. The molecule has 3 aromatic rings. The summed E-state index contributed by atoms with van der Waals surface area (Å²) in [5.41, 5.74) is 2.32. The number of fused-ring (bicyclic) bond motifs is 1. The highest BCUT2D eigenvalue weighted by molar-refractivity contribution is 14.0. The third-order valence-corrected chi connectivity index (χ3v) is 4.98. The van der Waals surface area contributed by atoms with Crippen molar-refractivity contribution in [3.63, 3.8) is 0 Å². The van der Waals surface area contributed by atoms with E-state index in [0.717, 1.165) is 36.7 Å². The molecule has 0 aliphatic rings. The Morgan fingerprint density at radius 3 is 2.54 bits per heavy atom. The maximum atomic E-state index is 4.28. The molecule has 0 atom stereocenters. The summed E-state index contributed by atoms with van der Waals surface area (Å²) in [5, 5.41) is 7.95. The van der Waals surface area contributed by atoms with E-state index in [-0.39, 0.29) is 24.0 Å². The average molecular weight is 454 g/mol.